The highest BCUT2D eigenvalue weighted by atomic mass is 16.3. The summed E-state index contributed by atoms with van der Waals surface area (Å²) < 4.78 is 0. The zero-order chi connectivity index (χ0) is 12.3. The molecule has 0 spiro atoms. The molecule has 1 amide bonds. The average Bonchev–Trinajstić information content (AvgIpc) is 2.21. The molecule has 0 aliphatic rings. The molecule has 1 heterocycles. The number of carbonyl (C=O) groups excluding carboxylic acids is 1. The maximum Gasteiger partial charge on any atom is 0.253 e. The van der Waals surface area contributed by atoms with Crippen LogP contribution in [0.3, 0.4) is 0 Å². The molecule has 0 unspecified atom stereocenters. The van der Waals surface area contributed by atoms with Crippen molar-refractivity contribution in [3.63, 3.8) is 0 Å². The Kier molecular flexibility index (Phi) is 3.49. The molecule has 0 fully saturated rings. The van der Waals surface area contributed by atoms with Gasteiger partial charge >= 0.3 is 0 Å². The van der Waals surface area contributed by atoms with E-state index in [1.165, 1.54) is 6.20 Å². The number of nitrogens with two attached hydrogens (primary N) is 1. The topological polar surface area (TPSA) is 88.2 Å². The number of aryl methyl sites for hydroxylation is 1. The summed E-state index contributed by atoms with van der Waals surface area (Å²) >= 11 is 0. The summed E-state index contributed by atoms with van der Waals surface area (Å²) in [6.45, 7) is 5.08. The molecule has 88 valence electrons. The monoisotopic (exact) mass is 223 g/mol. The quantitative estimate of drug-likeness (QED) is 0.695. The van der Waals surface area contributed by atoms with Crippen LogP contribution in [0, 0.1) is 6.92 Å². The van der Waals surface area contributed by atoms with E-state index in [-0.39, 0.29) is 12.5 Å². The van der Waals surface area contributed by atoms with Gasteiger partial charge in [0.1, 0.15) is 0 Å². The molecule has 0 atom stereocenters. The number of nitrogens with one attached hydrogen (secondary N) is 1. The Bertz CT molecular complexity index is 402. The summed E-state index contributed by atoms with van der Waals surface area (Å²) in [6.07, 6.45) is 1.50. The van der Waals surface area contributed by atoms with Crippen LogP contribution in [-0.2, 0) is 0 Å². The van der Waals surface area contributed by atoms with Crippen LogP contribution in [0.2, 0.25) is 0 Å². The SMILES string of the molecule is Cc1ncc(N)cc1C(=O)NC(C)(C)CO. The number of aliphatic hydroxyl groups excluding tert-OH is 1. The minimum atomic E-state index is -0.659. The van der Waals surface area contributed by atoms with E-state index in [4.69, 9.17) is 10.8 Å². The fourth-order valence-electron chi connectivity index (χ4n) is 1.19. The molecule has 16 heavy (non-hydrogen) atoms. The molecule has 1 aromatic heterocycles. The number of aliphatic hydroxyl groups is 1. The zero-order valence-corrected chi connectivity index (χ0v) is 9.74. The van der Waals surface area contributed by atoms with Gasteiger partial charge < -0.3 is 16.2 Å². The summed E-state index contributed by atoms with van der Waals surface area (Å²) in [7, 11) is 0. The third-order valence-corrected chi connectivity index (χ3v) is 2.20. The molecule has 0 saturated carbocycles. The van der Waals surface area contributed by atoms with Crippen molar-refractivity contribution in [2.45, 2.75) is 26.3 Å². The third-order valence-electron chi connectivity index (χ3n) is 2.20. The molecule has 1 aromatic rings. The van der Waals surface area contributed by atoms with Crippen LogP contribution in [0.1, 0.15) is 29.9 Å². The molecule has 5 heteroatoms. The van der Waals surface area contributed by atoms with Gasteiger partial charge in [-0.25, -0.2) is 0 Å². The first-order chi connectivity index (χ1) is 7.35. The van der Waals surface area contributed by atoms with Gasteiger partial charge in [-0.15, -0.1) is 0 Å². The van der Waals surface area contributed by atoms with E-state index < -0.39 is 5.54 Å². The van der Waals surface area contributed by atoms with Crippen molar-refractivity contribution in [2.75, 3.05) is 12.3 Å². The van der Waals surface area contributed by atoms with Crippen LogP contribution < -0.4 is 11.1 Å². The normalized spacial score (nSPS) is 11.2. The summed E-state index contributed by atoms with van der Waals surface area (Å²) in [5, 5.41) is 11.8. The van der Waals surface area contributed by atoms with Crippen LogP contribution in [-0.4, -0.2) is 28.1 Å². The molecule has 0 bridgehead atoms. The maximum absolute atomic E-state index is 11.9. The number of rotatable bonds is 3. The van der Waals surface area contributed by atoms with Gasteiger partial charge in [-0.2, -0.15) is 0 Å². The van der Waals surface area contributed by atoms with Gasteiger partial charge in [0, 0.05) is 0 Å². The Morgan fingerprint density at radius 1 is 1.62 bits per heavy atom. The maximum atomic E-state index is 11.9. The molecule has 4 N–H and O–H groups in total. The molecular formula is C11H17N3O2. The van der Waals surface area contributed by atoms with Crippen LogP contribution in [0.5, 0.6) is 0 Å². The first kappa shape index (κ1) is 12.4. The van der Waals surface area contributed by atoms with Gasteiger partial charge in [0.15, 0.2) is 0 Å². The van der Waals surface area contributed by atoms with E-state index in [1.54, 1.807) is 26.8 Å². The highest BCUT2D eigenvalue weighted by Crippen LogP contribution is 2.11. The Hall–Kier alpha value is -1.62. The lowest BCUT2D eigenvalue weighted by Gasteiger charge is -2.23. The van der Waals surface area contributed by atoms with Crippen molar-refractivity contribution in [1.29, 1.82) is 0 Å². The Balaban J connectivity index is 2.93. The van der Waals surface area contributed by atoms with Crippen molar-refractivity contribution in [3.05, 3.63) is 23.5 Å². The molecular weight excluding hydrogens is 206 g/mol. The van der Waals surface area contributed by atoms with Gasteiger partial charge in [-0.05, 0) is 26.8 Å². The number of hydrogen-bond acceptors (Lipinski definition) is 4. The average molecular weight is 223 g/mol. The first-order valence-corrected chi connectivity index (χ1v) is 5.01. The number of amides is 1. The number of nitrogens with zero attached hydrogens (tertiary/aromatic N) is 1. The predicted octanol–water partition coefficient (Wildman–Crippen LogP) is 0.473. The van der Waals surface area contributed by atoms with Crippen LogP contribution >= 0.6 is 0 Å². The minimum absolute atomic E-state index is 0.131. The van der Waals surface area contributed by atoms with Gasteiger partial charge in [0.2, 0.25) is 0 Å². The summed E-state index contributed by atoms with van der Waals surface area (Å²) in [5.74, 6) is -0.281. The van der Waals surface area contributed by atoms with E-state index in [2.05, 4.69) is 10.3 Å². The third kappa shape index (κ3) is 2.93. The summed E-state index contributed by atoms with van der Waals surface area (Å²) in [5.41, 5.74) is 6.40. The molecule has 0 saturated heterocycles. The largest absolute Gasteiger partial charge is 0.397 e. The first-order valence-electron chi connectivity index (χ1n) is 5.01. The van der Waals surface area contributed by atoms with E-state index in [9.17, 15) is 4.79 Å². The standard InChI is InChI=1S/C11H17N3O2/c1-7-9(4-8(12)5-13-7)10(16)14-11(2,3)6-15/h4-5,15H,6,12H2,1-3H3,(H,14,16). The second-order valence-corrected chi connectivity index (χ2v) is 4.40. The fourth-order valence-corrected chi connectivity index (χ4v) is 1.19. The summed E-state index contributed by atoms with van der Waals surface area (Å²) in [6, 6.07) is 1.57. The molecule has 0 aliphatic heterocycles. The number of nitrogen functional groups attached to an aromatic ring is 1. The number of anilines is 1. The van der Waals surface area contributed by atoms with Crippen LogP contribution in [0.4, 0.5) is 5.69 Å². The minimum Gasteiger partial charge on any atom is -0.397 e. The highest BCUT2D eigenvalue weighted by Gasteiger charge is 2.21. The second kappa shape index (κ2) is 4.49. The van der Waals surface area contributed by atoms with Gasteiger partial charge in [0.05, 0.1) is 35.3 Å². The van der Waals surface area contributed by atoms with Crippen molar-refractivity contribution in [2.24, 2.45) is 0 Å². The van der Waals surface area contributed by atoms with Crippen molar-refractivity contribution in [1.82, 2.24) is 10.3 Å². The zero-order valence-electron chi connectivity index (χ0n) is 9.74. The Morgan fingerprint density at radius 3 is 2.81 bits per heavy atom. The number of hydrogen-bond donors (Lipinski definition) is 3. The summed E-state index contributed by atoms with van der Waals surface area (Å²) in [4.78, 5) is 15.9. The molecule has 5 nitrogen and oxygen atoms in total. The molecule has 1 rings (SSSR count). The van der Waals surface area contributed by atoms with Gasteiger partial charge in [-0.3, -0.25) is 9.78 Å². The smallest absolute Gasteiger partial charge is 0.253 e. The van der Waals surface area contributed by atoms with Crippen molar-refractivity contribution < 1.29 is 9.90 Å². The predicted molar refractivity (Wildman–Crippen MR) is 62.0 cm³/mol. The van der Waals surface area contributed by atoms with E-state index in [0.29, 0.717) is 16.9 Å². The number of aromatic nitrogens is 1. The lowest BCUT2D eigenvalue weighted by atomic mass is 10.1. The van der Waals surface area contributed by atoms with Crippen LogP contribution in [0.15, 0.2) is 12.3 Å². The molecule has 0 aromatic carbocycles. The Morgan fingerprint density at radius 2 is 2.25 bits per heavy atom. The fraction of sp³-hybridized carbons (Fsp3) is 0.455. The van der Waals surface area contributed by atoms with E-state index in [1.807, 2.05) is 0 Å². The molecule has 0 aliphatic carbocycles. The van der Waals surface area contributed by atoms with E-state index in [0.717, 1.165) is 0 Å². The van der Waals surface area contributed by atoms with Crippen molar-refractivity contribution in [3.8, 4) is 0 Å². The number of pyridine rings is 1. The second-order valence-electron chi connectivity index (χ2n) is 4.40. The Labute approximate surface area is 94.7 Å². The highest BCUT2D eigenvalue weighted by molar-refractivity contribution is 5.96. The van der Waals surface area contributed by atoms with Crippen LogP contribution in [0.25, 0.3) is 0 Å². The molecule has 0 radical (unpaired) electrons. The number of carbonyl (C=O) groups is 1. The lowest BCUT2D eigenvalue weighted by Crippen LogP contribution is -2.46. The van der Waals surface area contributed by atoms with Gasteiger partial charge in [0.25, 0.3) is 5.91 Å². The van der Waals surface area contributed by atoms with Crippen molar-refractivity contribution >= 4 is 11.6 Å². The van der Waals surface area contributed by atoms with E-state index >= 15 is 0 Å². The van der Waals surface area contributed by atoms with Gasteiger partial charge in [-0.1, -0.05) is 0 Å². The lowest BCUT2D eigenvalue weighted by molar-refractivity contribution is 0.0868.